The molecule has 28 heavy (non-hydrogen) atoms. The lowest BCUT2D eigenvalue weighted by Crippen LogP contribution is -2.53. The standard InChI is InChI=1S/C21H22FN3O3/c22-16-5-7-17(8-6-16)23-20(26)14-24-9-11-25(12-10-24)21(27)19-13-15-3-1-2-4-18(15)28-19/h1-8,19H,9-14H2,(H,23,26). The molecule has 0 spiro atoms. The molecule has 2 amide bonds. The summed E-state index contributed by atoms with van der Waals surface area (Å²) in [6.07, 6.45) is 0.153. The largest absolute Gasteiger partial charge is 0.480 e. The van der Waals surface area contributed by atoms with E-state index in [2.05, 4.69) is 5.32 Å². The zero-order valence-electron chi connectivity index (χ0n) is 15.4. The van der Waals surface area contributed by atoms with E-state index in [1.54, 1.807) is 0 Å². The predicted molar refractivity (Wildman–Crippen MR) is 103 cm³/mol. The fourth-order valence-electron chi connectivity index (χ4n) is 3.59. The van der Waals surface area contributed by atoms with Gasteiger partial charge in [0.05, 0.1) is 6.54 Å². The van der Waals surface area contributed by atoms with Crippen LogP contribution in [0.5, 0.6) is 5.75 Å². The summed E-state index contributed by atoms with van der Waals surface area (Å²) in [7, 11) is 0. The molecule has 2 aromatic rings. The summed E-state index contributed by atoms with van der Waals surface area (Å²) in [6, 6.07) is 13.4. The average Bonchev–Trinajstić information content (AvgIpc) is 3.14. The summed E-state index contributed by atoms with van der Waals surface area (Å²) in [5.41, 5.74) is 1.63. The number of piperazine rings is 1. The van der Waals surface area contributed by atoms with Gasteiger partial charge in [0, 0.05) is 38.3 Å². The van der Waals surface area contributed by atoms with E-state index in [0.717, 1.165) is 11.3 Å². The molecule has 2 aliphatic rings. The van der Waals surface area contributed by atoms with Crippen molar-refractivity contribution >= 4 is 17.5 Å². The van der Waals surface area contributed by atoms with Crippen molar-refractivity contribution in [2.45, 2.75) is 12.5 Å². The molecule has 2 heterocycles. The van der Waals surface area contributed by atoms with E-state index in [-0.39, 0.29) is 24.2 Å². The number of benzene rings is 2. The number of carbonyl (C=O) groups is 2. The van der Waals surface area contributed by atoms with Crippen LogP contribution in [-0.4, -0.2) is 60.4 Å². The molecule has 4 rings (SSSR count). The van der Waals surface area contributed by atoms with Gasteiger partial charge in [0.25, 0.3) is 5.91 Å². The van der Waals surface area contributed by atoms with E-state index in [9.17, 15) is 14.0 Å². The van der Waals surface area contributed by atoms with E-state index >= 15 is 0 Å². The Balaban J connectivity index is 1.24. The number of para-hydroxylation sites is 1. The Morgan fingerprint density at radius 2 is 1.75 bits per heavy atom. The van der Waals surface area contributed by atoms with Gasteiger partial charge in [-0.15, -0.1) is 0 Å². The number of nitrogens with one attached hydrogen (secondary N) is 1. The van der Waals surface area contributed by atoms with Gasteiger partial charge in [-0.25, -0.2) is 4.39 Å². The maximum absolute atomic E-state index is 12.9. The van der Waals surface area contributed by atoms with E-state index in [4.69, 9.17) is 4.74 Å². The molecule has 0 saturated carbocycles. The van der Waals surface area contributed by atoms with Crippen LogP contribution in [0.4, 0.5) is 10.1 Å². The van der Waals surface area contributed by atoms with Crippen LogP contribution in [0.25, 0.3) is 0 Å². The van der Waals surface area contributed by atoms with E-state index in [1.807, 2.05) is 34.1 Å². The third-order valence-electron chi connectivity index (χ3n) is 5.10. The van der Waals surface area contributed by atoms with Gasteiger partial charge >= 0.3 is 0 Å². The number of anilines is 1. The van der Waals surface area contributed by atoms with Gasteiger partial charge in [-0.1, -0.05) is 18.2 Å². The third kappa shape index (κ3) is 4.14. The number of nitrogens with zero attached hydrogens (tertiary/aromatic N) is 2. The molecule has 1 unspecified atom stereocenters. The first-order valence-electron chi connectivity index (χ1n) is 9.39. The Kier molecular flexibility index (Phi) is 5.25. The highest BCUT2D eigenvalue weighted by molar-refractivity contribution is 5.92. The quantitative estimate of drug-likeness (QED) is 0.876. The molecular weight excluding hydrogens is 361 g/mol. The van der Waals surface area contributed by atoms with Gasteiger partial charge in [-0.05, 0) is 35.9 Å². The van der Waals surface area contributed by atoms with Gasteiger partial charge in [0.2, 0.25) is 5.91 Å². The molecular formula is C21H22FN3O3. The SMILES string of the molecule is O=C(CN1CCN(C(=O)C2Cc3ccccc3O2)CC1)Nc1ccc(F)cc1. The van der Waals surface area contributed by atoms with Crippen molar-refractivity contribution in [3.8, 4) is 5.75 Å². The average molecular weight is 383 g/mol. The Bertz CT molecular complexity index is 838. The zero-order valence-corrected chi connectivity index (χ0v) is 15.4. The summed E-state index contributed by atoms with van der Waals surface area (Å²) < 4.78 is 18.7. The normalized spacial score (nSPS) is 19.0. The molecule has 0 radical (unpaired) electrons. The summed E-state index contributed by atoms with van der Waals surface area (Å²) in [5.74, 6) is 0.303. The molecule has 1 fully saturated rings. The Labute approximate surface area is 162 Å². The monoisotopic (exact) mass is 383 g/mol. The fourth-order valence-corrected chi connectivity index (χ4v) is 3.59. The van der Waals surface area contributed by atoms with Crippen molar-refractivity contribution in [2.24, 2.45) is 0 Å². The summed E-state index contributed by atoms with van der Waals surface area (Å²) in [5, 5.41) is 2.76. The molecule has 0 aliphatic carbocycles. The first-order valence-corrected chi connectivity index (χ1v) is 9.39. The molecule has 1 saturated heterocycles. The van der Waals surface area contributed by atoms with Gasteiger partial charge < -0.3 is 15.0 Å². The number of ether oxygens (including phenoxy) is 1. The van der Waals surface area contributed by atoms with Gasteiger partial charge in [-0.3, -0.25) is 14.5 Å². The third-order valence-corrected chi connectivity index (χ3v) is 5.10. The molecule has 2 aromatic carbocycles. The van der Waals surface area contributed by atoms with Crippen molar-refractivity contribution in [1.29, 1.82) is 0 Å². The van der Waals surface area contributed by atoms with Crippen LogP contribution in [-0.2, 0) is 16.0 Å². The molecule has 1 atom stereocenters. The van der Waals surface area contributed by atoms with Gasteiger partial charge in [-0.2, -0.15) is 0 Å². The minimum Gasteiger partial charge on any atom is -0.480 e. The van der Waals surface area contributed by atoms with Crippen LogP contribution in [0.3, 0.4) is 0 Å². The Morgan fingerprint density at radius 1 is 1.04 bits per heavy atom. The number of amides is 2. The zero-order chi connectivity index (χ0) is 19.5. The maximum atomic E-state index is 12.9. The minimum atomic E-state index is -0.453. The predicted octanol–water partition coefficient (Wildman–Crippen LogP) is 1.91. The Morgan fingerprint density at radius 3 is 2.46 bits per heavy atom. The van der Waals surface area contributed by atoms with Crippen LogP contribution < -0.4 is 10.1 Å². The minimum absolute atomic E-state index is 0.00612. The second-order valence-corrected chi connectivity index (χ2v) is 7.07. The van der Waals surface area contributed by atoms with Crippen molar-refractivity contribution < 1.29 is 18.7 Å². The van der Waals surface area contributed by atoms with Crippen LogP contribution in [0.1, 0.15) is 5.56 Å². The summed E-state index contributed by atoms with van der Waals surface area (Å²) in [4.78, 5) is 28.7. The molecule has 7 heteroatoms. The Hall–Kier alpha value is -2.93. The lowest BCUT2D eigenvalue weighted by atomic mass is 10.1. The van der Waals surface area contributed by atoms with Gasteiger partial charge in [0.1, 0.15) is 11.6 Å². The van der Waals surface area contributed by atoms with Crippen LogP contribution in [0, 0.1) is 5.82 Å². The van der Waals surface area contributed by atoms with Crippen molar-refractivity contribution in [3.05, 3.63) is 59.9 Å². The number of halogens is 1. The van der Waals surface area contributed by atoms with Crippen LogP contribution >= 0.6 is 0 Å². The highest BCUT2D eigenvalue weighted by atomic mass is 19.1. The number of hydrogen-bond donors (Lipinski definition) is 1. The van der Waals surface area contributed by atoms with Crippen LogP contribution in [0.15, 0.2) is 48.5 Å². The smallest absolute Gasteiger partial charge is 0.264 e. The lowest BCUT2D eigenvalue weighted by Gasteiger charge is -2.35. The number of carbonyl (C=O) groups excluding carboxylic acids is 2. The second kappa shape index (κ2) is 7.98. The van der Waals surface area contributed by atoms with E-state index in [1.165, 1.54) is 24.3 Å². The highest BCUT2D eigenvalue weighted by Crippen LogP contribution is 2.29. The van der Waals surface area contributed by atoms with Crippen molar-refractivity contribution in [3.63, 3.8) is 0 Å². The number of rotatable bonds is 4. The first kappa shape index (κ1) is 18.4. The van der Waals surface area contributed by atoms with E-state index < -0.39 is 6.10 Å². The molecule has 6 nitrogen and oxygen atoms in total. The second-order valence-electron chi connectivity index (χ2n) is 7.07. The maximum Gasteiger partial charge on any atom is 0.264 e. The molecule has 146 valence electrons. The first-order chi connectivity index (χ1) is 13.6. The van der Waals surface area contributed by atoms with Crippen molar-refractivity contribution in [2.75, 3.05) is 38.0 Å². The molecule has 0 bridgehead atoms. The lowest BCUT2D eigenvalue weighted by molar-refractivity contribution is -0.139. The van der Waals surface area contributed by atoms with Crippen LogP contribution in [0.2, 0.25) is 0 Å². The van der Waals surface area contributed by atoms with Gasteiger partial charge in [0.15, 0.2) is 6.10 Å². The molecule has 2 aliphatic heterocycles. The van der Waals surface area contributed by atoms with E-state index in [0.29, 0.717) is 38.3 Å². The molecule has 0 aromatic heterocycles. The fraction of sp³-hybridized carbons (Fsp3) is 0.333. The number of fused-ring (bicyclic) bond motifs is 1. The molecule has 1 N–H and O–H groups in total. The highest BCUT2D eigenvalue weighted by Gasteiger charge is 2.33. The summed E-state index contributed by atoms with van der Waals surface area (Å²) in [6.45, 7) is 2.63. The summed E-state index contributed by atoms with van der Waals surface area (Å²) >= 11 is 0. The van der Waals surface area contributed by atoms with Crippen molar-refractivity contribution in [1.82, 2.24) is 9.80 Å². The topological polar surface area (TPSA) is 61.9 Å². The number of hydrogen-bond acceptors (Lipinski definition) is 4.